The summed E-state index contributed by atoms with van der Waals surface area (Å²) in [5.41, 5.74) is 0.430. The van der Waals surface area contributed by atoms with Gasteiger partial charge in [-0.1, -0.05) is 18.2 Å². The molecule has 0 radical (unpaired) electrons. The number of hydrogen-bond acceptors (Lipinski definition) is 5. The molecule has 9 nitrogen and oxygen atoms in total. The predicted octanol–water partition coefficient (Wildman–Crippen LogP) is 1.03. The Morgan fingerprint density at radius 1 is 0.933 bits per heavy atom. The number of pyridine rings is 1. The van der Waals surface area contributed by atoms with E-state index in [0.29, 0.717) is 24.4 Å². The first kappa shape index (κ1) is 19.4. The lowest BCUT2D eigenvalue weighted by atomic mass is 10.1. The van der Waals surface area contributed by atoms with Gasteiger partial charge in [0.25, 0.3) is 23.2 Å². The largest absolute Gasteiger partial charge is 0.494 e. The quantitative estimate of drug-likeness (QED) is 0.494. The molecule has 1 fully saturated rings. The number of methoxy groups -OCH3 is 1. The van der Waals surface area contributed by atoms with Gasteiger partial charge in [0.2, 0.25) is 0 Å². The van der Waals surface area contributed by atoms with E-state index in [1.165, 1.54) is 24.4 Å². The molecule has 9 heteroatoms. The minimum Gasteiger partial charge on any atom is -0.494 e. The number of aromatic nitrogens is 2. The number of nitrogens with zero attached hydrogens (tertiary/aromatic N) is 2. The standard InChI is InChI=1S/C21H20N4O5/c1-30-15-12-23-19(27)17-16(15)14(11-22-17)18(26)21(29)25-9-7-24(8-10-25)20(28)13-5-3-2-4-6-13/h2-6,11-12,22H,7-10H2,1H3,(H,23,27). The van der Waals surface area contributed by atoms with Crippen LogP contribution in [0, 0.1) is 0 Å². The first-order chi connectivity index (χ1) is 14.5. The number of carbonyl (C=O) groups excluding carboxylic acids is 3. The summed E-state index contributed by atoms with van der Waals surface area (Å²) in [5, 5.41) is 0.275. The number of amides is 2. The second kappa shape index (κ2) is 7.86. The number of piperazine rings is 1. The number of aromatic amines is 2. The highest BCUT2D eigenvalue weighted by Gasteiger charge is 2.31. The summed E-state index contributed by atoms with van der Waals surface area (Å²) in [6.07, 6.45) is 2.70. The van der Waals surface area contributed by atoms with E-state index >= 15 is 0 Å². The van der Waals surface area contributed by atoms with Crippen molar-refractivity contribution in [1.29, 1.82) is 0 Å². The van der Waals surface area contributed by atoms with Crippen molar-refractivity contribution in [2.24, 2.45) is 0 Å². The summed E-state index contributed by atoms with van der Waals surface area (Å²) in [5.74, 6) is -1.21. The minimum atomic E-state index is -0.729. The van der Waals surface area contributed by atoms with Gasteiger partial charge in [-0.15, -0.1) is 0 Å². The molecule has 0 aliphatic carbocycles. The smallest absolute Gasteiger partial charge is 0.295 e. The molecule has 0 unspecified atom stereocenters. The Balaban J connectivity index is 1.49. The number of nitrogens with one attached hydrogen (secondary N) is 2. The van der Waals surface area contributed by atoms with Crippen LogP contribution in [0.2, 0.25) is 0 Å². The van der Waals surface area contributed by atoms with Crippen molar-refractivity contribution in [3.8, 4) is 5.75 Å². The van der Waals surface area contributed by atoms with Crippen LogP contribution in [0.15, 0.2) is 47.5 Å². The molecule has 0 atom stereocenters. The number of ether oxygens (including phenoxy) is 1. The molecule has 0 saturated carbocycles. The van der Waals surface area contributed by atoms with Crippen LogP contribution in [0.4, 0.5) is 0 Å². The number of fused-ring (bicyclic) bond motifs is 1. The maximum atomic E-state index is 12.9. The van der Waals surface area contributed by atoms with Gasteiger partial charge in [-0.05, 0) is 12.1 Å². The average Bonchev–Trinajstić information content (AvgIpc) is 3.25. The zero-order valence-electron chi connectivity index (χ0n) is 16.3. The highest BCUT2D eigenvalue weighted by atomic mass is 16.5. The number of hydrogen-bond donors (Lipinski definition) is 2. The Labute approximate surface area is 171 Å². The van der Waals surface area contributed by atoms with Crippen molar-refractivity contribution in [1.82, 2.24) is 19.8 Å². The van der Waals surface area contributed by atoms with Crippen LogP contribution in [0.3, 0.4) is 0 Å². The van der Waals surface area contributed by atoms with Crippen LogP contribution in [-0.4, -0.2) is 70.7 Å². The first-order valence-corrected chi connectivity index (χ1v) is 9.46. The summed E-state index contributed by atoms with van der Waals surface area (Å²) in [7, 11) is 1.42. The molecular weight excluding hydrogens is 388 g/mol. The Hall–Kier alpha value is -3.88. The van der Waals surface area contributed by atoms with Crippen molar-refractivity contribution < 1.29 is 19.1 Å². The van der Waals surface area contributed by atoms with E-state index in [9.17, 15) is 19.2 Å². The fraction of sp³-hybridized carbons (Fsp3) is 0.238. The van der Waals surface area contributed by atoms with Gasteiger partial charge in [0.05, 0.1) is 18.1 Å². The fourth-order valence-corrected chi connectivity index (χ4v) is 3.61. The highest BCUT2D eigenvalue weighted by molar-refractivity contribution is 6.45. The molecule has 0 bridgehead atoms. The van der Waals surface area contributed by atoms with E-state index in [1.54, 1.807) is 29.2 Å². The molecule has 1 saturated heterocycles. The van der Waals surface area contributed by atoms with E-state index < -0.39 is 17.2 Å². The molecule has 0 spiro atoms. The second-order valence-electron chi connectivity index (χ2n) is 6.92. The number of carbonyl (C=O) groups is 3. The van der Waals surface area contributed by atoms with Crippen LogP contribution in [0.5, 0.6) is 5.75 Å². The van der Waals surface area contributed by atoms with Gasteiger partial charge < -0.3 is 24.5 Å². The van der Waals surface area contributed by atoms with Gasteiger partial charge in [-0.25, -0.2) is 0 Å². The molecule has 2 aromatic heterocycles. The van der Waals surface area contributed by atoms with Crippen LogP contribution >= 0.6 is 0 Å². The van der Waals surface area contributed by atoms with Crippen LogP contribution in [0.25, 0.3) is 10.9 Å². The maximum absolute atomic E-state index is 12.9. The summed E-state index contributed by atoms with van der Waals surface area (Å²) < 4.78 is 5.23. The Morgan fingerprint density at radius 2 is 1.60 bits per heavy atom. The molecule has 2 N–H and O–H groups in total. The third kappa shape index (κ3) is 3.34. The third-order valence-corrected chi connectivity index (χ3v) is 5.22. The van der Waals surface area contributed by atoms with E-state index in [0.717, 1.165) is 0 Å². The lowest BCUT2D eigenvalue weighted by molar-refractivity contribution is -0.127. The van der Waals surface area contributed by atoms with Gasteiger partial charge >= 0.3 is 0 Å². The maximum Gasteiger partial charge on any atom is 0.295 e. The molecule has 2 amide bonds. The molecule has 1 aliphatic heterocycles. The number of H-pyrrole nitrogens is 2. The lowest BCUT2D eigenvalue weighted by Gasteiger charge is -2.34. The fourth-order valence-electron chi connectivity index (χ4n) is 3.61. The molecule has 154 valence electrons. The van der Waals surface area contributed by atoms with E-state index in [4.69, 9.17) is 4.74 Å². The normalized spacial score (nSPS) is 14.0. The minimum absolute atomic E-state index is 0.0840. The van der Waals surface area contributed by atoms with Crippen molar-refractivity contribution >= 4 is 28.5 Å². The number of benzene rings is 1. The molecule has 1 aliphatic rings. The second-order valence-corrected chi connectivity index (χ2v) is 6.92. The van der Waals surface area contributed by atoms with Crippen LogP contribution in [0.1, 0.15) is 20.7 Å². The molecular formula is C21H20N4O5. The highest BCUT2D eigenvalue weighted by Crippen LogP contribution is 2.26. The third-order valence-electron chi connectivity index (χ3n) is 5.22. The van der Waals surface area contributed by atoms with Gasteiger partial charge in [0, 0.05) is 44.1 Å². The van der Waals surface area contributed by atoms with Crippen LogP contribution in [-0.2, 0) is 4.79 Å². The van der Waals surface area contributed by atoms with Crippen LogP contribution < -0.4 is 10.3 Å². The molecule has 30 heavy (non-hydrogen) atoms. The van der Waals surface area contributed by atoms with Gasteiger partial charge in [-0.2, -0.15) is 0 Å². The zero-order chi connectivity index (χ0) is 21.3. The monoisotopic (exact) mass is 408 g/mol. The summed E-state index contributed by atoms with van der Waals surface area (Å²) in [4.78, 5) is 58.6. The SMILES string of the molecule is COc1c[nH]c(=O)c2[nH]cc(C(=O)C(=O)N3CCN(C(=O)c4ccccc4)CC3)c12. The van der Waals surface area contributed by atoms with Gasteiger partial charge in [-0.3, -0.25) is 19.2 Å². The number of rotatable bonds is 4. The van der Waals surface area contributed by atoms with E-state index in [-0.39, 0.29) is 35.5 Å². The average molecular weight is 408 g/mol. The summed E-state index contributed by atoms with van der Waals surface area (Å²) in [6, 6.07) is 8.93. The van der Waals surface area contributed by atoms with Gasteiger partial charge in [0.15, 0.2) is 0 Å². The van der Waals surface area contributed by atoms with E-state index in [2.05, 4.69) is 9.97 Å². The van der Waals surface area contributed by atoms with Crippen molar-refractivity contribution in [2.75, 3.05) is 33.3 Å². The Kier molecular flexibility index (Phi) is 5.09. The molecule has 4 rings (SSSR count). The predicted molar refractivity (Wildman–Crippen MR) is 109 cm³/mol. The summed E-state index contributed by atoms with van der Waals surface area (Å²) >= 11 is 0. The Bertz CT molecular complexity index is 1170. The van der Waals surface area contributed by atoms with Crippen molar-refractivity contribution in [3.63, 3.8) is 0 Å². The number of Topliss-reactive ketones (excluding diaryl/α,β-unsaturated/α-hetero) is 1. The molecule has 3 aromatic rings. The van der Waals surface area contributed by atoms with Crippen molar-refractivity contribution in [3.05, 3.63) is 64.2 Å². The Morgan fingerprint density at radius 3 is 2.27 bits per heavy atom. The topological polar surface area (TPSA) is 116 Å². The molecule has 3 heterocycles. The van der Waals surface area contributed by atoms with E-state index in [1.807, 2.05) is 6.07 Å². The van der Waals surface area contributed by atoms with Gasteiger partial charge in [0.1, 0.15) is 11.3 Å². The number of ketones is 1. The first-order valence-electron chi connectivity index (χ1n) is 9.46. The van der Waals surface area contributed by atoms with Crippen molar-refractivity contribution in [2.45, 2.75) is 0 Å². The zero-order valence-corrected chi connectivity index (χ0v) is 16.3. The summed E-state index contributed by atoms with van der Waals surface area (Å²) in [6.45, 7) is 1.18. The lowest BCUT2D eigenvalue weighted by Crippen LogP contribution is -2.52. The molecule has 1 aromatic carbocycles.